The van der Waals surface area contributed by atoms with E-state index in [1.165, 1.54) is 0 Å². The second kappa shape index (κ2) is 10.7. The molecule has 0 unspecified atom stereocenters. The number of rotatable bonds is 0. The molecule has 1 rings (SSSR count). The summed E-state index contributed by atoms with van der Waals surface area (Å²) in [5.41, 5.74) is 0. The van der Waals surface area contributed by atoms with Crippen molar-refractivity contribution in [1.82, 2.24) is 0 Å². The minimum atomic E-state index is 0. The van der Waals surface area contributed by atoms with Crippen LogP contribution in [0.3, 0.4) is 0 Å². The average Bonchev–Trinajstić information content (AvgIpc) is 1.76. The molecule has 0 nitrogen and oxygen atoms in total. The fourth-order valence-electron chi connectivity index (χ4n) is 0.340. The van der Waals surface area contributed by atoms with Gasteiger partial charge in [0, 0.05) is 20.4 Å². The monoisotopic (exact) mass is 243 g/mol. The smallest absolute Gasteiger partial charge is 0 e. The van der Waals surface area contributed by atoms with Crippen molar-refractivity contribution >= 4 is 24.8 Å². The van der Waals surface area contributed by atoms with Gasteiger partial charge in [0.2, 0.25) is 0 Å². The summed E-state index contributed by atoms with van der Waals surface area (Å²) < 4.78 is 0. The van der Waals surface area contributed by atoms with E-state index in [1.54, 1.807) is 0 Å². The van der Waals surface area contributed by atoms with Gasteiger partial charge in [-0.2, -0.15) is 6.08 Å². The molecule has 0 N–H and O–H groups in total. The van der Waals surface area contributed by atoms with Gasteiger partial charge in [0.25, 0.3) is 0 Å². The molecule has 0 atom stereocenters. The Morgan fingerprint density at radius 1 is 1.25 bits per heavy atom. The Morgan fingerprint density at radius 3 is 2.00 bits per heavy atom. The maximum Gasteiger partial charge on any atom is 0 e. The number of allylic oxidation sites excluding steroid dienone is 4. The minimum Gasteiger partial charge on any atom is -0.273 e. The quantitative estimate of drug-likeness (QED) is 0.452. The van der Waals surface area contributed by atoms with E-state index in [0.29, 0.717) is 0 Å². The molecular weight excluding hydrogens is 237 g/mol. The first-order valence-electron chi connectivity index (χ1n) is 1.72. The van der Waals surface area contributed by atoms with E-state index in [0.717, 1.165) is 6.42 Å². The third-order valence-electron chi connectivity index (χ3n) is 0.586. The van der Waals surface area contributed by atoms with Gasteiger partial charge in [-0.05, 0) is 0 Å². The molecule has 0 aromatic carbocycles. The summed E-state index contributed by atoms with van der Waals surface area (Å²) >= 11 is 0. The van der Waals surface area contributed by atoms with Gasteiger partial charge >= 0.3 is 0 Å². The summed E-state index contributed by atoms with van der Waals surface area (Å²) in [5, 5.41) is 0. The fourth-order valence-corrected chi connectivity index (χ4v) is 0.340. The van der Waals surface area contributed by atoms with Crippen molar-refractivity contribution < 1.29 is 20.4 Å². The van der Waals surface area contributed by atoms with Crippen molar-refractivity contribution in [3.63, 3.8) is 0 Å². The number of hydrogen-bond donors (Lipinski definition) is 0. The van der Waals surface area contributed by atoms with Gasteiger partial charge in [0.05, 0.1) is 0 Å². The van der Waals surface area contributed by atoms with Crippen molar-refractivity contribution in [3.8, 4) is 0 Å². The van der Waals surface area contributed by atoms with Crippen LogP contribution in [0, 0.1) is 6.08 Å². The molecule has 52 valence electrons. The number of halogens is 2. The van der Waals surface area contributed by atoms with Crippen LogP contribution in [0.5, 0.6) is 0 Å². The SMILES string of the molecule is Cl.Cl.[C-]1=CC=CC1.[Pd]. The van der Waals surface area contributed by atoms with Crippen molar-refractivity contribution in [3.05, 3.63) is 24.3 Å². The summed E-state index contributed by atoms with van der Waals surface area (Å²) in [6.07, 6.45) is 10.0. The molecule has 0 fully saturated rings. The molecule has 0 radical (unpaired) electrons. The van der Waals surface area contributed by atoms with Crippen LogP contribution >= 0.6 is 24.8 Å². The topological polar surface area (TPSA) is 0 Å². The van der Waals surface area contributed by atoms with Crippen molar-refractivity contribution in [2.75, 3.05) is 0 Å². The van der Waals surface area contributed by atoms with E-state index in [1.807, 2.05) is 12.2 Å². The minimum absolute atomic E-state index is 0. The molecular formula is C5H7Cl2Pd-. The van der Waals surface area contributed by atoms with Crippen LogP contribution in [-0.4, -0.2) is 0 Å². The first-order valence-corrected chi connectivity index (χ1v) is 1.72. The zero-order valence-electron chi connectivity index (χ0n) is 4.07. The van der Waals surface area contributed by atoms with Crippen LogP contribution in [0.25, 0.3) is 0 Å². The Kier molecular flexibility index (Phi) is 21.2. The van der Waals surface area contributed by atoms with Crippen molar-refractivity contribution in [2.45, 2.75) is 6.42 Å². The van der Waals surface area contributed by atoms with E-state index in [4.69, 9.17) is 0 Å². The molecule has 0 amide bonds. The molecule has 0 aromatic heterocycles. The molecule has 0 saturated carbocycles. The first-order chi connectivity index (χ1) is 2.50. The zero-order chi connectivity index (χ0) is 3.54. The van der Waals surface area contributed by atoms with E-state index in [9.17, 15) is 0 Å². The number of hydrogen-bond acceptors (Lipinski definition) is 0. The molecule has 0 bridgehead atoms. The van der Waals surface area contributed by atoms with Gasteiger partial charge in [-0.1, -0.05) is 0 Å². The summed E-state index contributed by atoms with van der Waals surface area (Å²) in [6, 6.07) is 0. The predicted molar refractivity (Wildman–Crippen MR) is 36.1 cm³/mol. The van der Waals surface area contributed by atoms with Gasteiger partial charge in [0.1, 0.15) is 0 Å². The molecule has 0 aromatic rings. The van der Waals surface area contributed by atoms with Crippen molar-refractivity contribution in [1.29, 1.82) is 0 Å². The molecule has 3 heteroatoms. The van der Waals surface area contributed by atoms with Crippen LogP contribution < -0.4 is 0 Å². The van der Waals surface area contributed by atoms with Gasteiger partial charge in [0.15, 0.2) is 0 Å². The average molecular weight is 244 g/mol. The zero-order valence-corrected chi connectivity index (χ0v) is 7.26. The Balaban J connectivity index is -0.0000000833. The van der Waals surface area contributed by atoms with Gasteiger partial charge < -0.3 is 0 Å². The van der Waals surface area contributed by atoms with Gasteiger partial charge in [-0.3, -0.25) is 6.08 Å². The summed E-state index contributed by atoms with van der Waals surface area (Å²) in [5.74, 6) is 0. The first kappa shape index (κ1) is 15.9. The Labute approximate surface area is 75.9 Å². The second-order valence-corrected chi connectivity index (χ2v) is 1.00. The molecule has 8 heavy (non-hydrogen) atoms. The fraction of sp³-hybridized carbons (Fsp3) is 0.200. The summed E-state index contributed by atoms with van der Waals surface area (Å²) in [6.45, 7) is 0. The van der Waals surface area contributed by atoms with Crippen LogP contribution in [-0.2, 0) is 20.4 Å². The standard InChI is InChI=1S/C5H5.2ClH.Pd/c1-2-4-5-3-1;;;/h1-3H,4H2;2*1H;/q-1;;;. The molecule has 0 aliphatic heterocycles. The van der Waals surface area contributed by atoms with Gasteiger partial charge in [-0.25, -0.2) is 12.2 Å². The Hall–Kier alpha value is 0.722. The maximum absolute atomic E-state index is 2.99. The third-order valence-corrected chi connectivity index (χ3v) is 0.586. The van der Waals surface area contributed by atoms with Crippen molar-refractivity contribution in [2.24, 2.45) is 0 Å². The van der Waals surface area contributed by atoms with Crippen LogP contribution in [0.4, 0.5) is 0 Å². The molecule has 0 spiro atoms. The van der Waals surface area contributed by atoms with Crippen LogP contribution in [0.15, 0.2) is 18.2 Å². The maximum atomic E-state index is 2.99. The van der Waals surface area contributed by atoms with Crippen LogP contribution in [0.2, 0.25) is 0 Å². The molecule has 0 heterocycles. The molecule has 1 aliphatic carbocycles. The summed E-state index contributed by atoms with van der Waals surface area (Å²) in [7, 11) is 0. The van der Waals surface area contributed by atoms with E-state index < -0.39 is 0 Å². The van der Waals surface area contributed by atoms with Gasteiger partial charge in [-0.15, -0.1) is 31.2 Å². The van der Waals surface area contributed by atoms with Crippen LogP contribution in [0.1, 0.15) is 6.42 Å². The largest absolute Gasteiger partial charge is 0.273 e. The van der Waals surface area contributed by atoms with E-state index in [-0.39, 0.29) is 45.2 Å². The molecule has 0 saturated heterocycles. The van der Waals surface area contributed by atoms with E-state index >= 15 is 0 Å². The Morgan fingerprint density at radius 2 is 1.88 bits per heavy atom. The second-order valence-electron chi connectivity index (χ2n) is 1.00. The Bertz CT molecular complexity index is 68.5. The summed E-state index contributed by atoms with van der Waals surface area (Å²) in [4.78, 5) is 0. The molecule has 1 aliphatic rings. The van der Waals surface area contributed by atoms with E-state index in [2.05, 4.69) is 12.2 Å². The normalized spacial score (nSPS) is 11.0. The predicted octanol–water partition coefficient (Wildman–Crippen LogP) is 2.15. The third kappa shape index (κ3) is 6.72.